The summed E-state index contributed by atoms with van der Waals surface area (Å²) in [5, 5.41) is 2.87. The second kappa shape index (κ2) is 3.38. The highest BCUT2D eigenvalue weighted by Crippen LogP contribution is 2.20. The molecular formula is C9H14N6. The molecule has 2 heterocycles. The molecule has 15 heavy (non-hydrogen) atoms. The maximum absolute atomic E-state index is 5.78. The Morgan fingerprint density at radius 1 is 1.40 bits per heavy atom. The van der Waals surface area contributed by atoms with E-state index in [2.05, 4.69) is 34.1 Å². The van der Waals surface area contributed by atoms with Crippen LogP contribution in [0.25, 0.3) is 11.2 Å². The van der Waals surface area contributed by atoms with Crippen LogP contribution in [0.5, 0.6) is 0 Å². The van der Waals surface area contributed by atoms with Crippen LogP contribution in [0.15, 0.2) is 6.33 Å². The molecule has 0 spiro atoms. The summed E-state index contributed by atoms with van der Waals surface area (Å²) in [5.74, 6) is 0.922. The van der Waals surface area contributed by atoms with Gasteiger partial charge in [-0.25, -0.2) is 4.98 Å². The first-order valence-corrected chi connectivity index (χ1v) is 4.81. The topological polar surface area (TPSA) is 81.6 Å². The van der Waals surface area contributed by atoms with Gasteiger partial charge in [0.1, 0.15) is 5.52 Å². The van der Waals surface area contributed by atoms with Crippen molar-refractivity contribution >= 4 is 22.9 Å². The first-order chi connectivity index (χ1) is 7.13. The van der Waals surface area contributed by atoms with E-state index in [4.69, 9.17) is 5.73 Å². The summed E-state index contributed by atoms with van der Waals surface area (Å²) in [6.07, 6.45) is 1.74. The maximum atomic E-state index is 5.78. The molecule has 0 unspecified atom stereocenters. The summed E-state index contributed by atoms with van der Waals surface area (Å²) in [6.45, 7) is 4.14. The molecule has 0 saturated heterocycles. The maximum Gasteiger partial charge on any atom is 0.226 e. The van der Waals surface area contributed by atoms with Crippen LogP contribution in [0.2, 0.25) is 0 Å². The third-order valence-corrected chi connectivity index (χ3v) is 2.23. The lowest BCUT2D eigenvalue weighted by Gasteiger charge is -2.07. The minimum absolute atomic E-state index is 0.300. The largest absolute Gasteiger partial charge is 0.382 e. The minimum Gasteiger partial charge on any atom is -0.382 e. The van der Waals surface area contributed by atoms with Gasteiger partial charge in [0.05, 0.1) is 6.33 Å². The number of rotatable bonds is 2. The number of anilines is 2. The van der Waals surface area contributed by atoms with Gasteiger partial charge in [-0.3, -0.25) is 0 Å². The number of hydrogen-bond acceptors (Lipinski definition) is 5. The summed E-state index contributed by atoms with van der Waals surface area (Å²) in [4.78, 5) is 12.6. The van der Waals surface area contributed by atoms with Crippen LogP contribution in [-0.4, -0.2) is 26.6 Å². The van der Waals surface area contributed by atoms with E-state index in [1.54, 1.807) is 13.4 Å². The lowest BCUT2D eigenvalue weighted by Crippen LogP contribution is -2.04. The Hall–Kier alpha value is -1.85. The number of fused-ring (bicyclic) bond motifs is 1. The monoisotopic (exact) mass is 206 g/mol. The van der Waals surface area contributed by atoms with E-state index in [0.717, 1.165) is 5.65 Å². The molecule has 0 amide bonds. The van der Waals surface area contributed by atoms with E-state index in [9.17, 15) is 0 Å². The van der Waals surface area contributed by atoms with Crippen LogP contribution >= 0.6 is 0 Å². The van der Waals surface area contributed by atoms with Crippen molar-refractivity contribution in [3.63, 3.8) is 0 Å². The van der Waals surface area contributed by atoms with Gasteiger partial charge in [0.2, 0.25) is 5.95 Å². The number of nitrogens with zero attached hydrogens (tertiary/aromatic N) is 4. The Kier molecular flexibility index (Phi) is 2.18. The van der Waals surface area contributed by atoms with Gasteiger partial charge in [0.25, 0.3) is 0 Å². The molecule has 6 nitrogen and oxygen atoms in total. The number of aromatic nitrogens is 4. The van der Waals surface area contributed by atoms with Gasteiger partial charge in [-0.1, -0.05) is 0 Å². The molecule has 6 heteroatoms. The molecule has 3 N–H and O–H groups in total. The average molecular weight is 206 g/mol. The van der Waals surface area contributed by atoms with Crippen molar-refractivity contribution in [2.24, 2.45) is 0 Å². The molecule has 2 aromatic rings. The Balaban J connectivity index is 2.72. The van der Waals surface area contributed by atoms with E-state index >= 15 is 0 Å². The standard InChI is InChI=1S/C9H14N6/c1-5(2)15-4-12-6-7(10)13-9(11-3)14-8(6)15/h4-5H,1-3H3,(H3,10,11,13,14). The van der Waals surface area contributed by atoms with Crippen molar-refractivity contribution in [1.29, 1.82) is 0 Å². The van der Waals surface area contributed by atoms with Gasteiger partial charge in [-0.2, -0.15) is 9.97 Å². The SMILES string of the molecule is CNc1nc(N)c2ncn(C(C)C)c2n1. The number of nitrogens with two attached hydrogens (primary N) is 1. The summed E-state index contributed by atoms with van der Waals surface area (Å²) >= 11 is 0. The molecule has 0 bridgehead atoms. The predicted molar refractivity (Wildman–Crippen MR) is 59.7 cm³/mol. The van der Waals surface area contributed by atoms with Crippen LogP contribution < -0.4 is 11.1 Å². The van der Waals surface area contributed by atoms with Crippen molar-refractivity contribution in [2.75, 3.05) is 18.1 Å². The van der Waals surface area contributed by atoms with Crippen LogP contribution in [0.3, 0.4) is 0 Å². The molecule has 0 atom stereocenters. The molecule has 0 fully saturated rings. The summed E-state index contributed by atoms with van der Waals surface area (Å²) < 4.78 is 1.97. The lowest BCUT2D eigenvalue weighted by atomic mass is 10.4. The van der Waals surface area contributed by atoms with Crippen LogP contribution in [0, 0.1) is 0 Å². The highest BCUT2D eigenvalue weighted by molar-refractivity contribution is 5.82. The smallest absolute Gasteiger partial charge is 0.226 e. The fourth-order valence-corrected chi connectivity index (χ4v) is 1.43. The highest BCUT2D eigenvalue weighted by atomic mass is 15.2. The van der Waals surface area contributed by atoms with E-state index in [0.29, 0.717) is 23.3 Å². The molecule has 0 aromatic carbocycles. The molecule has 0 radical (unpaired) electrons. The summed E-state index contributed by atoms with van der Waals surface area (Å²) in [7, 11) is 1.76. The first-order valence-electron chi connectivity index (χ1n) is 4.81. The molecule has 80 valence electrons. The van der Waals surface area contributed by atoms with Gasteiger partial charge in [-0.15, -0.1) is 0 Å². The second-order valence-electron chi connectivity index (χ2n) is 3.60. The van der Waals surface area contributed by atoms with E-state index < -0.39 is 0 Å². The fourth-order valence-electron chi connectivity index (χ4n) is 1.43. The zero-order chi connectivity index (χ0) is 11.0. The number of imidazole rings is 1. The highest BCUT2D eigenvalue weighted by Gasteiger charge is 2.11. The normalized spacial score (nSPS) is 11.2. The zero-order valence-electron chi connectivity index (χ0n) is 9.02. The number of nitrogens with one attached hydrogen (secondary N) is 1. The average Bonchev–Trinajstić information content (AvgIpc) is 2.61. The van der Waals surface area contributed by atoms with E-state index in [1.807, 2.05) is 4.57 Å². The quantitative estimate of drug-likeness (QED) is 0.767. The molecular weight excluding hydrogens is 192 g/mol. The number of nitrogen functional groups attached to an aromatic ring is 1. The first kappa shape index (κ1) is 9.70. The third kappa shape index (κ3) is 1.47. The van der Waals surface area contributed by atoms with E-state index in [1.165, 1.54) is 0 Å². The van der Waals surface area contributed by atoms with Crippen molar-refractivity contribution in [3.05, 3.63) is 6.33 Å². The van der Waals surface area contributed by atoms with Crippen LogP contribution in [0.1, 0.15) is 19.9 Å². The van der Waals surface area contributed by atoms with E-state index in [-0.39, 0.29) is 0 Å². The van der Waals surface area contributed by atoms with Gasteiger partial charge in [0.15, 0.2) is 11.5 Å². The van der Waals surface area contributed by atoms with Crippen LogP contribution in [0.4, 0.5) is 11.8 Å². The molecule has 0 aliphatic rings. The Morgan fingerprint density at radius 3 is 2.73 bits per heavy atom. The fraction of sp³-hybridized carbons (Fsp3) is 0.444. The predicted octanol–water partition coefficient (Wildman–Crippen LogP) is 1.03. The second-order valence-corrected chi connectivity index (χ2v) is 3.60. The number of hydrogen-bond donors (Lipinski definition) is 2. The molecule has 0 aliphatic heterocycles. The molecule has 2 rings (SSSR count). The molecule has 0 aliphatic carbocycles. The van der Waals surface area contributed by atoms with Gasteiger partial charge < -0.3 is 15.6 Å². The Labute approximate surface area is 87.5 Å². The molecule has 2 aromatic heterocycles. The molecule has 0 saturated carbocycles. The van der Waals surface area contributed by atoms with Gasteiger partial charge in [-0.05, 0) is 13.8 Å². The van der Waals surface area contributed by atoms with Gasteiger partial charge in [0, 0.05) is 13.1 Å². The zero-order valence-corrected chi connectivity index (χ0v) is 9.02. The van der Waals surface area contributed by atoms with Crippen molar-refractivity contribution in [1.82, 2.24) is 19.5 Å². The Bertz CT molecular complexity index is 487. The van der Waals surface area contributed by atoms with Crippen molar-refractivity contribution in [3.8, 4) is 0 Å². The van der Waals surface area contributed by atoms with Gasteiger partial charge >= 0.3 is 0 Å². The van der Waals surface area contributed by atoms with Crippen molar-refractivity contribution < 1.29 is 0 Å². The lowest BCUT2D eigenvalue weighted by molar-refractivity contribution is 0.613. The summed E-state index contributed by atoms with van der Waals surface area (Å²) in [5.41, 5.74) is 7.20. The van der Waals surface area contributed by atoms with Crippen LogP contribution in [-0.2, 0) is 0 Å². The summed E-state index contributed by atoms with van der Waals surface area (Å²) in [6, 6.07) is 0.300. The Morgan fingerprint density at radius 2 is 2.13 bits per heavy atom. The minimum atomic E-state index is 0.300. The third-order valence-electron chi connectivity index (χ3n) is 2.23. The van der Waals surface area contributed by atoms with Crippen molar-refractivity contribution in [2.45, 2.75) is 19.9 Å².